The minimum Gasteiger partial charge on any atom is -0.325 e. The standard InChI is InChI=1S/C13H26N2O/c1-3-5-10-14(4-2)13(16)15-11-8-6-7-9-12-15/h3-12H2,1-2H3. The summed E-state index contributed by atoms with van der Waals surface area (Å²) in [6.45, 7) is 7.93. The number of carbonyl (C=O) groups is 1. The number of urea groups is 1. The van der Waals surface area contributed by atoms with Gasteiger partial charge in [0.25, 0.3) is 0 Å². The van der Waals surface area contributed by atoms with E-state index in [0.717, 1.165) is 39.0 Å². The van der Waals surface area contributed by atoms with Crippen LogP contribution in [0.5, 0.6) is 0 Å². The monoisotopic (exact) mass is 226 g/mol. The van der Waals surface area contributed by atoms with Crippen LogP contribution in [0.2, 0.25) is 0 Å². The van der Waals surface area contributed by atoms with Crippen molar-refractivity contribution in [2.75, 3.05) is 26.2 Å². The van der Waals surface area contributed by atoms with Crippen molar-refractivity contribution in [3.05, 3.63) is 0 Å². The average Bonchev–Trinajstić information content (AvgIpc) is 2.58. The number of likely N-dealkylation sites (tertiary alicyclic amines) is 1. The molecule has 0 atom stereocenters. The summed E-state index contributed by atoms with van der Waals surface area (Å²) in [6, 6.07) is 0.262. The van der Waals surface area contributed by atoms with Gasteiger partial charge in [-0.2, -0.15) is 0 Å². The highest BCUT2D eigenvalue weighted by Crippen LogP contribution is 2.12. The first-order valence-electron chi connectivity index (χ1n) is 6.83. The molecule has 1 aliphatic heterocycles. The molecule has 0 spiro atoms. The van der Waals surface area contributed by atoms with Gasteiger partial charge < -0.3 is 9.80 Å². The van der Waals surface area contributed by atoms with Crippen LogP contribution in [-0.4, -0.2) is 42.0 Å². The normalized spacial score (nSPS) is 17.0. The lowest BCUT2D eigenvalue weighted by Gasteiger charge is -2.29. The predicted octanol–water partition coefficient (Wildman–Crippen LogP) is 3.10. The molecule has 0 aromatic rings. The SMILES string of the molecule is CCCCN(CC)C(=O)N1CCCCCC1. The van der Waals surface area contributed by atoms with Crippen molar-refractivity contribution in [2.24, 2.45) is 0 Å². The van der Waals surface area contributed by atoms with Crippen LogP contribution in [-0.2, 0) is 0 Å². The maximum atomic E-state index is 12.2. The van der Waals surface area contributed by atoms with Crippen LogP contribution in [0.3, 0.4) is 0 Å². The van der Waals surface area contributed by atoms with Crippen LogP contribution in [0.4, 0.5) is 4.79 Å². The molecule has 0 radical (unpaired) electrons. The lowest BCUT2D eigenvalue weighted by molar-refractivity contribution is 0.156. The molecule has 2 amide bonds. The van der Waals surface area contributed by atoms with E-state index in [1.807, 2.05) is 9.80 Å². The molecule has 3 nitrogen and oxygen atoms in total. The first-order chi connectivity index (χ1) is 7.79. The Hall–Kier alpha value is -0.730. The first-order valence-corrected chi connectivity index (χ1v) is 6.83. The highest BCUT2D eigenvalue weighted by molar-refractivity contribution is 5.74. The molecule has 0 bridgehead atoms. The van der Waals surface area contributed by atoms with Gasteiger partial charge in [-0.25, -0.2) is 4.79 Å². The maximum Gasteiger partial charge on any atom is 0.319 e. The zero-order valence-corrected chi connectivity index (χ0v) is 10.9. The second kappa shape index (κ2) is 7.53. The minimum atomic E-state index is 0.262. The summed E-state index contributed by atoms with van der Waals surface area (Å²) in [5, 5.41) is 0. The van der Waals surface area contributed by atoms with E-state index in [9.17, 15) is 4.79 Å². The van der Waals surface area contributed by atoms with Crippen LogP contribution in [0, 0.1) is 0 Å². The van der Waals surface area contributed by atoms with Gasteiger partial charge >= 0.3 is 6.03 Å². The Morgan fingerprint density at radius 1 is 1.12 bits per heavy atom. The van der Waals surface area contributed by atoms with E-state index < -0.39 is 0 Å². The van der Waals surface area contributed by atoms with Gasteiger partial charge in [0.1, 0.15) is 0 Å². The van der Waals surface area contributed by atoms with Gasteiger partial charge in [-0.15, -0.1) is 0 Å². The molecule has 0 aliphatic carbocycles. The van der Waals surface area contributed by atoms with Gasteiger partial charge in [-0.3, -0.25) is 0 Å². The van der Waals surface area contributed by atoms with Crippen molar-refractivity contribution >= 4 is 6.03 Å². The fraction of sp³-hybridized carbons (Fsp3) is 0.923. The largest absolute Gasteiger partial charge is 0.325 e. The van der Waals surface area contributed by atoms with E-state index in [0.29, 0.717) is 0 Å². The lowest BCUT2D eigenvalue weighted by atomic mass is 10.2. The number of hydrogen-bond donors (Lipinski definition) is 0. The third-order valence-corrected chi connectivity index (χ3v) is 3.31. The molecule has 0 N–H and O–H groups in total. The molecule has 94 valence electrons. The van der Waals surface area contributed by atoms with Gasteiger partial charge in [0.05, 0.1) is 0 Å². The molecule has 1 fully saturated rings. The molecule has 1 saturated heterocycles. The number of nitrogens with zero attached hydrogens (tertiary/aromatic N) is 2. The number of unbranched alkanes of at least 4 members (excludes halogenated alkanes) is 1. The first kappa shape index (κ1) is 13.3. The van der Waals surface area contributed by atoms with Gasteiger partial charge in [-0.05, 0) is 26.2 Å². The van der Waals surface area contributed by atoms with Crippen molar-refractivity contribution in [3.8, 4) is 0 Å². The summed E-state index contributed by atoms with van der Waals surface area (Å²) >= 11 is 0. The van der Waals surface area contributed by atoms with Crippen molar-refractivity contribution in [1.29, 1.82) is 0 Å². The Balaban J connectivity index is 2.44. The summed E-state index contributed by atoms with van der Waals surface area (Å²) in [4.78, 5) is 16.3. The summed E-state index contributed by atoms with van der Waals surface area (Å²) in [5.74, 6) is 0. The van der Waals surface area contributed by atoms with E-state index in [2.05, 4.69) is 13.8 Å². The minimum absolute atomic E-state index is 0.262. The van der Waals surface area contributed by atoms with Crippen LogP contribution in [0.25, 0.3) is 0 Å². The average molecular weight is 226 g/mol. The molecule has 16 heavy (non-hydrogen) atoms. The molecule has 1 rings (SSSR count). The molecule has 1 heterocycles. The fourth-order valence-corrected chi connectivity index (χ4v) is 2.20. The van der Waals surface area contributed by atoms with E-state index in [4.69, 9.17) is 0 Å². The zero-order chi connectivity index (χ0) is 11.8. The Labute approximate surface area is 99.8 Å². The molecular weight excluding hydrogens is 200 g/mol. The predicted molar refractivity (Wildman–Crippen MR) is 67.6 cm³/mol. The molecular formula is C13H26N2O. The highest BCUT2D eigenvalue weighted by atomic mass is 16.2. The number of rotatable bonds is 4. The summed E-state index contributed by atoms with van der Waals surface area (Å²) in [7, 11) is 0. The van der Waals surface area contributed by atoms with Gasteiger partial charge in [0.2, 0.25) is 0 Å². The Morgan fingerprint density at radius 3 is 2.25 bits per heavy atom. The van der Waals surface area contributed by atoms with E-state index in [1.165, 1.54) is 25.7 Å². The molecule has 0 saturated carbocycles. The van der Waals surface area contributed by atoms with Crippen LogP contribution in [0.1, 0.15) is 52.4 Å². The van der Waals surface area contributed by atoms with E-state index in [1.54, 1.807) is 0 Å². The van der Waals surface area contributed by atoms with Crippen LogP contribution >= 0.6 is 0 Å². The van der Waals surface area contributed by atoms with E-state index in [-0.39, 0.29) is 6.03 Å². The summed E-state index contributed by atoms with van der Waals surface area (Å²) in [6.07, 6.45) is 7.20. The molecule has 0 unspecified atom stereocenters. The molecule has 0 aromatic heterocycles. The zero-order valence-electron chi connectivity index (χ0n) is 10.9. The smallest absolute Gasteiger partial charge is 0.319 e. The molecule has 1 aliphatic rings. The Bertz CT molecular complexity index is 198. The topological polar surface area (TPSA) is 23.6 Å². The second-order valence-electron chi connectivity index (χ2n) is 4.62. The van der Waals surface area contributed by atoms with Crippen LogP contribution < -0.4 is 0 Å². The highest BCUT2D eigenvalue weighted by Gasteiger charge is 2.19. The van der Waals surface area contributed by atoms with Crippen molar-refractivity contribution in [2.45, 2.75) is 52.4 Å². The van der Waals surface area contributed by atoms with Gasteiger partial charge in [0.15, 0.2) is 0 Å². The van der Waals surface area contributed by atoms with E-state index >= 15 is 0 Å². The van der Waals surface area contributed by atoms with Crippen molar-refractivity contribution < 1.29 is 4.79 Å². The third-order valence-electron chi connectivity index (χ3n) is 3.31. The van der Waals surface area contributed by atoms with Gasteiger partial charge in [0, 0.05) is 26.2 Å². The molecule has 3 heteroatoms. The third kappa shape index (κ3) is 4.03. The number of carbonyl (C=O) groups excluding carboxylic acids is 1. The van der Waals surface area contributed by atoms with Gasteiger partial charge in [-0.1, -0.05) is 26.2 Å². The Morgan fingerprint density at radius 2 is 1.75 bits per heavy atom. The number of hydrogen-bond acceptors (Lipinski definition) is 1. The second-order valence-corrected chi connectivity index (χ2v) is 4.62. The van der Waals surface area contributed by atoms with Crippen molar-refractivity contribution in [1.82, 2.24) is 9.80 Å². The molecule has 0 aromatic carbocycles. The quantitative estimate of drug-likeness (QED) is 0.722. The van der Waals surface area contributed by atoms with Crippen LogP contribution in [0.15, 0.2) is 0 Å². The number of amides is 2. The summed E-state index contributed by atoms with van der Waals surface area (Å²) in [5.41, 5.74) is 0. The maximum absolute atomic E-state index is 12.2. The van der Waals surface area contributed by atoms with Crippen molar-refractivity contribution in [3.63, 3.8) is 0 Å². The fourth-order valence-electron chi connectivity index (χ4n) is 2.20. The Kier molecular flexibility index (Phi) is 6.27. The lowest BCUT2D eigenvalue weighted by Crippen LogP contribution is -2.44. The summed E-state index contributed by atoms with van der Waals surface area (Å²) < 4.78 is 0.